The lowest BCUT2D eigenvalue weighted by Crippen LogP contribution is -1.93. The first-order valence-corrected chi connectivity index (χ1v) is 8.65. The normalized spacial score (nSPS) is 11.4. The molecule has 0 aliphatic carbocycles. The van der Waals surface area contributed by atoms with Gasteiger partial charge in [-0.25, -0.2) is 4.39 Å². The predicted octanol–water partition coefficient (Wildman–Crippen LogP) is 6.37. The van der Waals surface area contributed by atoms with Crippen molar-refractivity contribution in [2.75, 3.05) is 0 Å². The highest BCUT2D eigenvalue weighted by Crippen LogP contribution is 2.35. The zero-order valence-electron chi connectivity index (χ0n) is 14.7. The van der Waals surface area contributed by atoms with Gasteiger partial charge >= 0.3 is 0 Å². The second-order valence-electron chi connectivity index (χ2n) is 6.73. The molecule has 4 rings (SSSR count). The first-order chi connectivity index (χ1) is 12.1. The molecule has 0 aliphatic rings. The molecule has 0 fully saturated rings. The summed E-state index contributed by atoms with van der Waals surface area (Å²) in [6.07, 6.45) is 2.75. The molecule has 0 bridgehead atoms. The van der Waals surface area contributed by atoms with Crippen molar-refractivity contribution >= 4 is 21.5 Å². The second-order valence-corrected chi connectivity index (χ2v) is 6.73. The third kappa shape index (κ3) is 2.68. The van der Waals surface area contributed by atoms with Gasteiger partial charge in [-0.3, -0.25) is 4.98 Å². The molecular formula is C23H20FN. The Labute approximate surface area is 147 Å². The maximum Gasteiger partial charge on any atom is 0.133 e. The lowest BCUT2D eigenvalue weighted by Gasteiger charge is -2.12. The van der Waals surface area contributed by atoms with Gasteiger partial charge in [0.1, 0.15) is 5.82 Å². The van der Waals surface area contributed by atoms with Crippen LogP contribution < -0.4 is 0 Å². The minimum absolute atomic E-state index is 0.214. The summed E-state index contributed by atoms with van der Waals surface area (Å²) in [5.74, 6) is -0.214. The summed E-state index contributed by atoms with van der Waals surface area (Å²) in [7, 11) is 0. The third-order valence-electron chi connectivity index (χ3n) is 4.78. The average Bonchev–Trinajstić information content (AvgIpc) is 2.60. The van der Waals surface area contributed by atoms with Crippen molar-refractivity contribution in [3.63, 3.8) is 0 Å². The second kappa shape index (κ2) is 5.96. The van der Waals surface area contributed by atoms with Crippen LogP contribution in [0.2, 0.25) is 0 Å². The van der Waals surface area contributed by atoms with Gasteiger partial charge < -0.3 is 0 Å². The van der Waals surface area contributed by atoms with Crippen molar-refractivity contribution in [3.8, 4) is 11.3 Å². The fraction of sp³-hybridized carbons (Fsp3) is 0.174. The molecule has 1 nitrogen and oxygen atoms in total. The molecule has 0 saturated heterocycles. The molecule has 3 aromatic carbocycles. The van der Waals surface area contributed by atoms with Crippen LogP contribution in [0.3, 0.4) is 0 Å². The number of pyridine rings is 1. The molecule has 4 aromatic rings. The highest BCUT2D eigenvalue weighted by molar-refractivity contribution is 6.11. The number of aromatic nitrogens is 1. The van der Waals surface area contributed by atoms with Gasteiger partial charge in [-0.1, -0.05) is 42.3 Å². The van der Waals surface area contributed by atoms with Crippen molar-refractivity contribution in [3.05, 3.63) is 77.2 Å². The predicted molar refractivity (Wildman–Crippen MR) is 103 cm³/mol. The summed E-state index contributed by atoms with van der Waals surface area (Å²) >= 11 is 0. The average molecular weight is 329 g/mol. The summed E-state index contributed by atoms with van der Waals surface area (Å²) in [6.45, 7) is 6.25. The van der Waals surface area contributed by atoms with Crippen LogP contribution in [0.4, 0.5) is 4.39 Å². The molecule has 0 unspecified atom stereocenters. The highest BCUT2D eigenvalue weighted by Gasteiger charge is 2.14. The fourth-order valence-electron chi connectivity index (χ4n) is 3.65. The Kier molecular flexibility index (Phi) is 3.76. The first kappa shape index (κ1) is 15.8. The van der Waals surface area contributed by atoms with Gasteiger partial charge in [-0.05, 0) is 66.3 Å². The van der Waals surface area contributed by atoms with Gasteiger partial charge in [0.05, 0.1) is 5.69 Å². The fourth-order valence-corrected chi connectivity index (χ4v) is 3.65. The van der Waals surface area contributed by atoms with E-state index in [-0.39, 0.29) is 5.82 Å². The van der Waals surface area contributed by atoms with E-state index in [2.05, 4.69) is 56.1 Å². The van der Waals surface area contributed by atoms with E-state index in [0.29, 0.717) is 11.1 Å². The Bertz CT molecular complexity index is 1090. The Balaban J connectivity index is 2.11. The van der Waals surface area contributed by atoms with Crippen LogP contribution in [0.1, 0.15) is 23.6 Å². The molecule has 0 N–H and O–H groups in total. The van der Waals surface area contributed by atoms with Gasteiger partial charge in [0.2, 0.25) is 0 Å². The van der Waals surface area contributed by atoms with E-state index >= 15 is 4.39 Å². The molecule has 1 aromatic heterocycles. The molecule has 0 spiro atoms. The molecule has 124 valence electrons. The van der Waals surface area contributed by atoms with E-state index in [1.807, 2.05) is 12.1 Å². The molecule has 0 amide bonds. The third-order valence-corrected chi connectivity index (χ3v) is 4.78. The molecule has 0 saturated carbocycles. The van der Waals surface area contributed by atoms with Gasteiger partial charge in [0.15, 0.2) is 0 Å². The molecule has 0 radical (unpaired) electrons. The molecule has 0 atom stereocenters. The van der Waals surface area contributed by atoms with E-state index in [1.54, 1.807) is 12.3 Å². The summed E-state index contributed by atoms with van der Waals surface area (Å²) in [4.78, 5) is 4.53. The van der Waals surface area contributed by atoms with Crippen molar-refractivity contribution in [2.24, 2.45) is 0 Å². The van der Waals surface area contributed by atoms with Crippen molar-refractivity contribution < 1.29 is 4.39 Å². The number of fused-ring (bicyclic) bond motifs is 3. The van der Waals surface area contributed by atoms with Crippen LogP contribution >= 0.6 is 0 Å². The van der Waals surface area contributed by atoms with Crippen LogP contribution in [0.15, 0.2) is 54.7 Å². The Morgan fingerprint density at radius 1 is 0.880 bits per heavy atom. The summed E-state index contributed by atoms with van der Waals surface area (Å²) < 4.78 is 15.0. The number of hydrogen-bond acceptors (Lipinski definition) is 1. The summed E-state index contributed by atoms with van der Waals surface area (Å²) in [5, 5.41) is 3.55. The number of aryl methyl sites for hydroxylation is 3. The SMILES string of the molecule is CCc1ccc2cc(F)c3c(-c4cc(C)cc(C)c4)nccc3c2c1. The summed E-state index contributed by atoms with van der Waals surface area (Å²) in [6, 6.07) is 16.1. The Morgan fingerprint density at radius 2 is 1.64 bits per heavy atom. The molecule has 1 heterocycles. The van der Waals surface area contributed by atoms with E-state index in [9.17, 15) is 0 Å². The number of hydrogen-bond donors (Lipinski definition) is 0. The Morgan fingerprint density at radius 3 is 2.36 bits per heavy atom. The monoisotopic (exact) mass is 329 g/mol. The standard InChI is InChI=1S/C23H20FN/c1-4-16-5-6-17-13-21(24)22-19(20(17)12-16)7-8-25-23(22)18-10-14(2)9-15(3)11-18/h5-13H,4H2,1-3H3. The number of halogens is 1. The van der Waals surface area contributed by atoms with E-state index < -0.39 is 0 Å². The molecule has 25 heavy (non-hydrogen) atoms. The van der Waals surface area contributed by atoms with Gasteiger partial charge in [-0.15, -0.1) is 0 Å². The van der Waals surface area contributed by atoms with Gasteiger partial charge in [0.25, 0.3) is 0 Å². The van der Waals surface area contributed by atoms with E-state index in [0.717, 1.165) is 39.3 Å². The molecular weight excluding hydrogens is 309 g/mol. The number of benzene rings is 3. The largest absolute Gasteiger partial charge is 0.255 e. The quantitative estimate of drug-likeness (QED) is 0.389. The first-order valence-electron chi connectivity index (χ1n) is 8.65. The van der Waals surface area contributed by atoms with E-state index in [1.165, 1.54) is 5.56 Å². The highest BCUT2D eigenvalue weighted by atomic mass is 19.1. The Hall–Kier alpha value is -2.74. The van der Waals surface area contributed by atoms with E-state index in [4.69, 9.17) is 0 Å². The van der Waals surface area contributed by atoms with Crippen molar-refractivity contribution in [1.82, 2.24) is 4.98 Å². The lowest BCUT2D eigenvalue weighted by atomic mass is 9.95. The molecule has 2 heteroatoms. The van der Waals surface area contributed by atoms with Crippen LogP contribution in [0.5, 0.6) is 0 Å². The van der Waals surface area contributed by atoms with Crippen LogP contribution in [-0.2, 0) is 6.42 Å². The van der Waals surface area contributed by atoms with Gasteiger partial charge in [-0.2, -0.15) is 0 Å². The minimum atomic E-state index is -0.214. The summed E-state index contributed by atoms with van der Waals surface area (Å²) in [5.41, 5.74) is 5.25. The maximum atomic E-state index is 15.0. The van der Waals surface area contributed by atoms with Gasteiger partial charge in [0, 0.05) is 17.1 Å². The zero-order valence-corrected chi connectivity index (χ0v) is 14.7. The lowest BCUT2D eigenvalue weighted by molar-refractivity contribution is 0.641. The zero-order chi connectivity index (χ0) is 17.6. The van der Waals surface area contributed by atoms with Crippen molar-refractivity contribution in [2.45, 2.75) is 27.2 Å². The minimum Gasteiger partial charge on any atom is -0.255 e. The number of nitrogens with zero attached hydrogens (tertiary/aromatic N) is 1. The molecule has 0 aliphatic heterocycles. The van der Waals surface area contributed by atoms with Crippen molar-refractivity contribution in [1.29, 1.82) is 0 Å². The smallest absolute Gasteiger partial charge is 0.133 e. The van der Waals surface area contributed by atoms with Crippen LogP contribution in [0, 0.1) is 19.7 Å². The van der Waals surface area contributed by atoms with Crippen LogP contribution in [0.25, 0.3) is 32.8 Å². The maximum absolute atomic E-state index is 15.0. The number of rotatable bonds is 2. The van der Waals surface area contributed by atoms with Crippen LogP contribution in [-0.4, -0.2) is 4.98 Å². The topological polar surface area (TPSA) is 12.9 Å².